The Morgan fingerprint density at radius 1 is 1.06 bits per heavy atom. The summed E-state index contributed by atoms with van der Waals surface area (Å²) in [6.45, 7) is 4.13. The minimum atomic E-state index is -0.234. The van der Waals surface area contributed by atoms with Gasteiger partial charge in [0.1, 0.15) is 5.82 Å². The minimum Gasteiger partial charge on any atom is -0.206 e. The third kappa shape index (κ3) is 2.83. The fourth-order valence-corrected chi connectivity index (χ4v) is 2.91. The summed E-state index contributed by atoms with van der Waals surface area (Å²) in [5.41, 5.74) is 4.50. The van der Waals surface area contributed by atoms with Crippen LogP contribution in [0, 0.1) is 19.7 Å². The van der Waals surface area contributed by atoms with Crippen molar-refractivity contribution < 1.29 is 4.39 Å². The van der Waals surface area contributed by atoms with Crippen LogP contribution in [0.25, 0.3) is 0 Å². The molecule has 2 aromatic rings. The van der Waals surface area contributed by atoms with E-state index in [-0.39, 0.29) is 10.6 Å². The molecule has 18 heavy (non-hydrogen) atoms. The van der Waals surface area contributed by atoms with Gasteiger partial charge in [-0.1, -0.05) is 45.8 Å². The molecule has 0 aromatic heterocycles. The minimum absolute atomic E-state index is 0.0139. The molecule has 0 fully saturated rings. The fraction of sp³-hybridized carbons (Fsp3) is 0.200. The predicted octanol–water partition coefficient (Wildman–Crippen LogP) is 5.69. The normalized spacial score (nSPS) is 12.5. The van der Waals surface area contributed by atoms with Crippen LogP contribution in [0.2, 0.25) is 0 Å². The second kappa shape index (κ2) is 5.54. The number of alkyl halides is 1. The molecule has 0 spiro atoms. The van der Waals surface area contributed by atoms with Gasteiger partial charge in [0.05, 0.1) is 9.30 Å². The average Bonchev–Trinajstić information content (AvgIpc) is 2.35. The summed E-state index contributed by atoms with van der Waals surface area (Å²) in [4.78, 5) is 0.0139. The number of hydrogen-bond donors (Lipinski definition) is 0. The lowest BCUT2D eigenvalue weighted by molar-refractivity contribution is 0.619. The van der Waals surface area contributed by atoms with Crippen molar-refractivity contribution in [3.8, 4) is 0 Å². The van der Waals surface area contributed by atoms with Crippen molar-refractivity contribution >= 4 is 31.9 Å². The number of rotatable bonds is 2. The Kier molecular flexibility index (Phi) is 4.23. The zero-order valence-corrected chi connectivity index (χ0v) is 13.3. The van der Waals surface area contributed by atoms with E-state index < -0.39 is 0 Å². The van der Waals surface area contributed by atoms with Gasteiger partial charge in [0.25, 0.3) is 0 Å². The summed E-state index contributed by atoms with van der Waals surface area (Å²) >= 11 is 6.83. The quantitative estimate of drug-likeness (QED) is 0.595. The van der Waals surface area contributed by atoms with Gasteiger partial charge in [0.15, 0.2) is 0 Å². The molecule has 0 N–H and O–H groups in total. The van der Waals surface area contributed by atoms with E-state index >= 15 is 0 Å². The zero-order chi connectivity index (χ0) is 13.3. The van der Waals surface area contributed by atoms with E-state index in [2.05, 4.69) is 63.9 Å². The van der Waals surface area contributed by atoms with Gasteiger partial charge in [0, 0.05) is 0 Å². The molecule has 0 nitrogen and oxygen atoms in total. The second-order valence-electron chi connectivity index (χ2n) is 4.40. The van der Waals surface area contributed by atoms with Gasteiger partial charge >= 0.3 is 0 Å². The second-order valence-corrected chi connectivity index (χ2v) is 6.17. The van der Waals surface area contributed by atoms with Crippen molar-refractivity contribution in [2.45, 2.75) is 18.7 Å². The molecule has 2 aromatic carbocycles. The summed E-state index contributed by atoms with van der Waals surface area (Å²) in [6.07, 6.45) is 0. The van der Waals surface area contributed by atoms with E-state index in [1.807, 2.05) is 6.07 Å². The lowest BCUT2D eigenvalue weighted by Gasteiger charge is -2.15. The summed E-state index contributed by atoms with van der Waals surface area (Å²) in [5.74, 6) is -0.234. The first-order chi connectivity index (χ1) is 8.49. The molecule has 0 radical (unpaired) electrons. The molecule has 1 unspecified atom stereocenters. The van der Waals surface area contributed by atoms with E-state index in [1.54, 1.807) is 12.1 Å². The first kappa shape index (κ1) is 13.8. The van der Waals surface area contributed by atoms with E-state index in [9.17, 15) is 4.39 Å². The molecule has 0 amide bonds. The van der Waals surface area contributed by atoms with Crippen LogP contribution in [0.5, 0.6) is 0 Å². The van der Waals surface area contributed by atoms with Crippen LogP contribution in [-0.4, -0.2) is 0 Å². The monoisotopic (exact) mass is 370 g/mol. The number of aryl methyl sites for hydroxylation is 2. The highest BCUT2D eigenvalue weighted by molar-refractivity contribution is 9.10. The number of halogens is 3. The van der Waals surface area contributed by atoms with E-state index in [1.165, 1.54) is 16.7 Å². The number of hydrogen-bond acceptors (Lipinski definition) is 0. The first-order valence-corrected chi connectivity index (χ1v) is 7.36. The van der Waals surface area contributed by atoms with E-state index in [0.717, 1.165) is 5.56 Å². The van der Waals surface area contributed by atoms with Crippen molar-refractivity contribution in [1.29, 1.82) is 0 Å². The summed E-state index contributed by atoms with van der Waals surface area (Å²) in [6, 6.07) is 11.5. The SMILES string of the molecule is Cc1ccc(C)c(C(Br)c2ccc(Br)c(F)c2)c1. The van der Waals surface area contributed by atoms with Gasteiger partial charge in [-0.25, -0.2) is 4.39 Å². The molecule has 0 aliphatic rings. The molecule has 94 valence electrons. The summed E-state index contributed by atoms with van der Waals surface area (Å²) in [5, 5.41) is 0. The molecule has 0 saturated carbocycles. The Balaban J connectivity index is 2.44. The fourth-order valence-electron chi connectivity index (χ4n) is 1.88. The molecular weight excluding hydrogens is 359 g/mol. The molecule has 0 aliphatic carbocycles. The van der Waals surface area contributed by atoms with Gasteiger partial charge in [-0.3, -0.25) is 0 Å². The molecule has 0 bridgehead atoms. The smallest absolute Gasteiger partial charge is 0.137 e. The average molecular weight is 372 g/mol. The molecule has 0 heterocycles. The van der Waals surface area contributed by atoms with Crippen LogP contribution in [0.15, 0.2) is 40.9 Å². The van der Waals surface area contributed by atoms with Gasteiger partial charge in [-0.05, 0) is 58.6 Å². The Hall–Kier alpha value is -0.670. The largest absolute Gasteiger partial charge is 0.206 e. The van der Waals surface area contributed by atoms with Gasteiger partial charge < -0.3 is 0 Å². The van der Waals surface area contributed by atoms with Gasteiger partial charge in [-0.2, -0.15) is 0 Å². The van der Waals surface area contributed by atoms with Gasteiger partial charge in [-0.15, -0.1) is 0 Å². The van der Waals surface area contributed by atoms with Crippen LogP contribution < -0.4 is 0 Å². The first-order valence-electron chi connectivity index (χ1n) is 5.65. The summed E-state index contributed by atoms with van der Waals surface area (Å²) in [7, 11) is 0. The third-order valence-corrected chi connectivity index (χ3v) is 4.61. The maximum atomic E-state index is 13.6. The standard InChI is InChI=1S/C15H13Br2F/c1-9-3-4-10(2)12(7-9)15(17)11-5-6-13(16)14(18)8-11/h3-8,15H,1-2H3. The molecule has 1 atom stereocenters. The highest BCUT2D eigenvalue weighted by atomic mass is 79.9. The molecule has 3 heteroatoms. The lowest BCUT2D eigenvalue weighted by Crippen LogP contribution is -1.97. The van der Waals surface area contributed by atoms with Crippen LogP contribution in [0.4, 0.5) is 4.39 Å². The highest BCUT2D eigenvalue weighted by Crippen LogP contribution is 2.34. The van der Waals surface area contributed by atoms with Crippen molar-refractivity contribution in [2.75, 3.05) is 0 Å². The Morgan fingerprint density at radius 3 is 2.44 bits per heavy atom. The topological polar surface area (TPSA) is 0 Å². The predicted molar refractivity (Wildman–Crippen MR) is 80.8 cm³/mol. The number of benzene rings is 2. The third-order valence-electron chi connectivity index (χ3n) is 2.94. The molecule has 0 saturated heterocycles. The van der Waals surface area contributed by atoms with Crippen LogP contribution in [-0.2, 0) is 0 Å². The van der Waals surface area contributed by atoms with Crippen molar-refractivity contribution in [1.82, 2.24) is 0 Å². The van der Waals surface area contributed by atoms with Crippen LogP contribution in [0.3, 0.4) is 0 Å². The van der Waals surface area contributed by atoms with E-state index in [0.29, 0.717) is 4.47 Å². The summed E-state index contributed by atoms with van der Waals surface area (Å²) < 4.78 is 14.1. The maximum Gasteiger partial charge on any atom is 0.137 e. The molecule has 2 rings (SSSR count). The van der Waals surface area contributed by atoms with Crippen molar-refractivity contribution in [3.63, 3.8) is 0 Å². The lowest BCUT2D eigenvalue weighted by atomic mass is 9.98. The van der Waals surface area contributed by atoms with Crippen LogP contribution in [0.1, 0.15) is 27.1 Å². The maximum absolute atomic E-state index is 13.6. The van der Waals surface area contributed by atoms with E-state index in [4.69, 9.17) is 0 Å². The molecule has 0 aliphatic heterocycles. The Morgan fingerprint density at radius 2 is 1.78 bits per heavy atom. The Labute approximate surface area is 123 Å². The van der Waals surface area contributed by atoms with Crippen molar-refractivity contribution in [3.05, 3.63) is 68.9 Å². The highest BCUT2D eigenvalue weighted by Gasteiger charge is 2.14. The zero-order valence-electron chi connectivity index (χ0n) is 10.2. The Bertz CT molecular complexity index is 579. The van der Waals surface area contributed by atoms with Crippen molar-refractivity contribution in [2.24, 2.45) is 0 Å². The van der Waals surface area contributed by atoms with Gasteiger partial charge in [0.2, 0.25) is 0 Å². The molecular formula is C15H13Br2F. The van der Waals surface area contributed by atoms with Crippen LogP contribution >= 0.6 is 31.9 Å².